The average Bonchev–Trinajstić information content (AvgIpc) is 1.59. The largest absolute Gasteiger partial charge is 0.457 e. The third-order valence-electron chi connectivity index (χ3n) is 26.1. The number of para-hydroxylation sites is 4. The lowest BCUT2D eigenvalue weighted by Crippen LogP contribution is -2.29. The van der Waals surface area contributed by atoms with E-state index in [-0.39, 0.29) is 0 Å². The summed E-state index contributed by atoms with van der Waals surface area (Å²) in [5, 5.41) is 4.18. The maximum absolute atomic E-state index is 7.23. The normalized spacial score (nSPS) is 15.9. The number of hydrogen-bond acceptors (Lipinski definition) is 6. The molecule has 4 aliphatic rings. The second-order valence-electron chi connectivity index (χ2n) is 32.1. The first-order valence-electron chi connectivity index (χ1n) is 41.4. The molecule has 1 spiro atoms. The van der Waals surface area contributed by atoms with Gasteiger partial charge in [-0.05, 0) is 244 Å². The van der Waals surface area contributed by atoms with Gasteiger partial charge in [0.2, 0.25) is 0 Å². The highest BCUT2D eigenvalue weighted by atomic mass is 16.5. The van der Waals surface area contributed by atoms with Crippen molar-refractivity contribution in [1.82, 2.24) is 0 Å². The summed E-state index contributed by atoms with van der Waals surface area (Å²) in [5.41, 5.74) is 32.1. The molecule has 0 aliphatic heterocycles. The van der Waals surface area contributed by atoms with Gasteiger partial charge in [-0.1, -0.05) is 316 Å². The number of hydrogen-bond donors (Lipinski definition) is 0. The van der Waals surface area contributed by atoms with Crippen LogP contribution in [0.3, 0.4) is 0 Å². The first kappa shape index (κ1) is 69.5. The van der Waals surface area contributed by atoms with Crippen molar-refractivity contribution in [3.05, 3.63) is 504 Å². The second kappa shape index (κ2) is 27.2. The lowest BCUT2D eigenvalue weighted by molar-refractivity contribution is 0.482. The highest BCUT2D eigenvalue weighted by Crippen LogP contribution is 2.66. The van der Waals surface area contributed by atoms with Crippen LogP contribution in [0, 0.1) is 0 Å². The van der Waals surface area contributed by atoms with Crippen LogP contribution in [0.5, 0.6) is 23.0 Å². The van der Waals surface area contributed by atoms with Gasteiger partial charge in [0.25, 0.3) is 0 Å². The van der Waals surface area contributed by atoms with Gasteiger partial charge < -0.3 is 28.1 Å². The Morgan fingerprint density at radius 1 is 0.223 bits per heavy atom. The van der Waals surface area contributed by atoms with Crippen LogP contribution in [0.1, 0.15) is 77.9 Å². The molecule has 0 saturated carbocycles. The maximum Gasteiger partial charge on any atom is 0.159 e. The smallest absolute Gasteiger partial charge is 0.159 e. The van der Waals surface area contributed by atoms with Crippen LogP contribution in [0.2, 0.25) is 0 Å². The molecule has 2 aromatic heterocycles. The zero-order valence-corrected chi connectivity index (χ0v) is 65.9. The van der Waals surface area contributed by atoms with Gasteiger partial charge in [0.1, 0.15) is 34.2 Å². The summed E-state index contributed by atoms with van der Waals surface area (Å²) in [6.07, 6.45) is 3.70. The molecule has 4 aliphatic carbocycles. The fraction of sp³-hybridized carbons (Fsp3) is 0.0261. The molecule has 6 nitrogen and oxygen atoms in total. The van der Waals surface area contributed by atoms with E-state index >= 15 is 0 Å². The molecular formula is C115H74N2O4. The van der Waals surface area contributed by atoms with Crippen molar-refractivity contribution in [1.29, 1.82) is 0 Å². The summed E-state index contributed by atoms with van der Waals surface area (Å²) in [6.45, 7) is 7.96. The molecule has 18 aromatic carbocycles. The first-order valence-corrected chi connectivity index (χ1v) is 41.4. The Kier molecular flexibility index (Phi) is 15.6. The van der Waals surface area contributed by atoms with Gasteiger partial charge in [-0.2, -0.15) is 0 Å². The quantitative estimate of drug-likeness (QED) is 0.0961. The predicted octanol–water partition coefficient (Wildman–Crippen LogP) is 30.4. The number of furan rings is 2. The standard InChI is InChI=1S/C115H74N2O4/c1-3-73-45-57-83(58-46-73)118-85-61-49-77(50-62-85)113(75-25-7-5-8-26-75)99-37-17-11-29-87(99)91-65-53-79(69-103(91)113)116(107-41-23-35-97-95-33-15-21-43-109(95)120-111(97)107)81-55-67-93-89-31-13-19-39-101(89)115(105(93)71-81)102-40-20-14-32-90(102)94-68-56-82(72-106(94)115)117(108-42-24-36-98-96-34-16-22-44-110(96)121-112(98)108)80-54-66-92-88-30-12-18-38-100(88)114(104(92)70-80,76-27-9-6-10-28-76)78-51-63-86(64-52-78)119-84-59-47-74(4-2)48-60-84/h3-72H,1-2H2. The molecule has 568 valence electrons. The van der Waals surface area contributed by atoms with Gasteiger partial charge >= 0.3 is 0 Å². The molecule has 0 bridgehead atoms. The van der Waals surface area contributed by atoms with E-state index in [1.54, 1.807) is 0 Å². The van der Waals surface area contributed by atoms with E-state index in [0.29, 0.717) is 0 Å². The molecule has 24 rings (SSSR count). The maximum atomic E-state index is 7.23. The van der Waals surface area contributed by atoms with Crippen LogP contribution in [0.15, 0.2) is 435 Å². The topological polar surface area (TPSA) is 51.2 Å². The molecule has 20 aromatic rings. The van der Waals surface area contributed by atoms with Crippen LogP contribution >= 0.6 is 0 Å². The van der Waals surface area contributed by atoms with Crippen LogP contribution < -0.4 is 19.3 Å². The Bertz CT molecular complexity index is 7170. The number of rotatable bonds is 16. The third-order valence-corrected chi connectivity index (χ3v) is 26.1. The molecule has 2 unspecified atom stereocenters. The number of nitrogens with zero attached hydrogens (tertiary/aromatic N) is 2. The summed E-state index contributed by atoms with van der Waals surface area (Å²) in [4.78, 5) is 4.94. The highest BCUT2D eigenvalue weighted by Gasteiger charge is 2.54. The molecule has 0 radical (unpaired) electrons. The molecule has 2 heterocycles. The Morgan fingerprint density at radius 3 is 0.843 bits per heavy atom. The zero-order chi connectivity index (χ0) is 80.1. The lowest BCUT2D eigenvalue weighted by atomic mass is 9.67. The van der Waals surface area contributed by atoms with Crippen molar-refractivity contribution in [2.24, 2.45) is 0 Å². The number of fused-ring (bicyclic) bond motifs is 22. The second-order valence-corrected chi connectivity index (χ2v) is 32.1. The summed E-state index contributed by atoms with van der Waals surface area (Å²) in [7, 11) is 0. The lowest BCUT2D eigenvalue weighted by Gasteiger charge is -2.35. The van der Waals surface area contributed by atoms with Crippen molar-refractivity contribution in [2.45, 2.75) is 16.2 Å². The minimum atomic E-state index is -0.849. The van der Waals surface area contributed by atoms with E-state index < -0.39 is 16.2 Å². The van der Waals surface area contributed by atoms with E-state index in [1.165, 1.54) is 77.9 Å². The van der Waals surface area contributed by atoms with Gasteiger partial charge in [0.05, 0.1) is 27.6 Å². The summed E-state index contributed by atoms with van der Waals surface area (Å²) in [6, 6.07) is 151. The monoisotopic (exact) mass is 1550 g/mol. The van der Waals surface area contributed by atoms with Gasteiger partial charge in [0, 0.05) is 44.3 Å². The van der Waals surface area contributed by atoms with Crippen LogP contribution in [-0.2, 0) is 16.2 Å². The summed E-state index contributed by atoms with van der Waals surface area (Å²) in [5.74, 6) is 3.00. The van der Waals surface area contributed by atoms with Crippen LogP contribution in [0.25, 0.3) is 101 Å². The van der Waals surface area contributed by atoms with Crippen molar-refractivity contribution < 1.29 is 18.3 Å². The van der Waals surface area contributed by atoms with Crippen molar-refractivity contribution in [3.63, 3.8) is 0 Å². The minimum Gasteiger partial charge on any atom is -0.457 e. The Hall–Kier alpha value is -15.8. The highest BCUT2D eigenvalue weighted by molar-refractivity contribution is 6.13. The molecule has 0 amide bonds. The number of ether oxygens (including phenoxy) is 2. The first-order chi connectivity index (χ1) is 59.9. The zero-order valence-electron chi connectivity index (χ0n) is 65.9. The molecular weight excluding hydrogens is 1470 g/mol. The van der Waals surface area contributed by atoms with E-state index in [1.807, 2.05) is 60.7 Å². The SMILES string of the molecule is C=Cc1ccc(Oc2ccc(C3(c4ccccc4)c4ccccc4-c4ccc(N(c5ccc6c(c5)C5(c7ccccc7-6)c6ccccc6-c6ccc(N(c7ccc8c(c7)C(c7ccccc7)(c7ccc(Oc9ccc(C=C)cc9)cc7)c7ccccc7-8)c7cccc8c7oc7ccccc78)cc65)c5cccc6c5oc5ccccc56)cc43)cc2)cc1. The Morgan fingerprint density at radius 2 is 0.496 bits per heavy atom. The molecule has 2 atom stereocenters. The predicted molar refractivity (Wildman–Crippen MR) is 494 cm³/mol. The third kappa shape index (κ3) is 10.2. The fourth-order valence-corrected chi connectivity index (χ4v) is 21.0. The van der Waals surface area contributed by atoms with E-state index in [0.717, 1.165) is 146 Å². The van der Waals surface area contributed by atoms with E-state index in [9.17, 15) is 0 Å². The van der Waals surface area contributed by atoms with Gasteiger partial charge in [-0.15, -0.1) is 0 Å². The van der Waals surface area contributed by atoms with Crippen molar-refractivity contribution >= 4 is 90.2 Å². The average molecular weight is 1550 g/mol. The van der Waals surface area contributed by atoms with Gasteiger partial charge in [0.15, 0.2) is 11.2 Å². The minimum absolute atomic E-state index is 0.746. The Balaban J connectivity index is 0.721. The van der Waals surface area contributed by atoms with Gasteiger partial charge in [-0.3, -0.25) is 0 Å². The number of anilines is 6. The molecule has 121 heavy (non-hydrogen) atoms. The van der Waals surface area contributed by atoms with E-state index in [4.69, 9.17) is 18.3 Å². The molecule has 0 saturated heterocycles. The van der Waals surface area contributed by atoms with Crippen LogP contribution in [-0.4, -0.2) is 0 Å². The number of benzene rings is 18. The van der Waals surface area contributed by atoms with E-state index in [2.05, 4.69) is 387 Å². The fourth-order valence-electron chi connectivity index (χ4n) is 21.0. The molecule has 0 fully saturated rings. The summed E-state index contributed by atoms with van der Waals surface area (Å²) < 4.78 is 27.6. The molecule has 6 heteroatoms. The summed E-state index contributed by atoms with van der Waals surface area (Å²) >= 11 is 0. The molecule has 0 N–H and O–H groups in total. The van der Waals surface area contributed by atoms with Crippen LogP contribution in [0.4, 0.5) is 34.1 Å². The Labute approximate surface area is 701 Å². The van der Waals surface area contributed by atoms with Gasteiger partial charge in [-0.25, -0.2) is 0 Å². The van der Waals surface area contributed by atoms with Crippen molar-refractivity contribution in [3.8, 4) is 67.5 Å². The van der Waals surface area contributed by atoms with Crippen molar-refractivity contribution in [2.75, 3.05) is 9.80 Å².